The Balaban J connectivity index is 0.0000130. The molecule has 12 N–H and O–H groups in total. The molecule has 0 heterocycles. The molecule has 0 aromatic carbocycles. The van der Waals surface area contributed by atoms with Crippen molar-refractivity contribution in [2.24, 2.45) is 0 Å². The Hall–Kier alpha value is 1.09. The molecule has 0 saturated heterocycles. The van der Waals surface area contributed by atoms with E-state index in [1.807, 2.05) is 0 Å². The van der Waals surface area contributed by atoms with Crippen molar-refractivity contribution in [1.82, 2.24) is 0 Å². The highest BCUT2D eigenvalue weighted by Gasteiger charge is 2.62. The van der Waals surface area contributed by atoms with Gasteiger partial charge >= 0.3 is 46.9 Å². The molecule has 0 spiro atoms. The number of hydrogen-bond donors (Lipinski definition) is 12. The Kier molecular flexibility index (Phi) is 13.3. The van der Waals surface area contributed by atoms with Gasteiger partial charge in [0.1, 0.15) is 36.6 Å². The van der Waals surface area contributed by atoms with Crippen LogP contribution in [-0.2, 0) is 54.5 Å². The van der Waals surface area contributed by atoms with Crippen LogP contribution in [0.2, 0.25) is 0 Å². The Morgan fingerprint density at radius 2 is 0.378 bits per heavy atom. The van der Waals surface area contributed by atoms with Crippen LogP contribution in [-0.4, -0.2) is 95.3 Å². The van der Waals surface area contributed by atoms with Crippen LogP contribution >= 0.6 is 56.8 Å². The molecule has 1 rings (SSSR count). The van der Waals surface area contributed by atoms with Crippen molar-refractivity contribution >= 4 is 56.8 Å². The molecule has 24 nitrogen and oxygen atoms in total. The van der Waals surface area contributed by atoms with E-state index in [1.54, 1.807) is 0 Å². The van der Waals surface area contributed by atoms with E-state index in [-0.39, 0.29) is 9.90 Å². The van der Waals surface area contributed by atoms with Gasteiger partial charge in [-0.25, -0.2) is 27.4 Å². The van der Waals surface area contributed by atoms with E-state index >= 15 is 0 Å². The predicted octanol–water partition coefficient (Wildman–Crippen LogP) is -3.07. The molecule has 1 atom stereocenters. The highest BCUT2D eigenvalue weighted by atomic mass is 31.2. The summed E-state index contributed by atoms with van der Waals surface area (Å²) >= 11 is 0. The SMILES string of the molecule is O=P(O)(O)OC1C(OP(=O)(O)O)C(OP(=O)(O)O)C(OP(=O)(O)O)C(OP(=O)(O)O)C1OP(=O)(O)O.P. The van der Waals surface area contributed by atoms with Crippen molar-refractivity contribution in [3.63, 3.8) is 0 Å². The second-order valence-corrected chi connectivity index (χ2v) is 13.5. The zero-order chi connectivity index (χ0) is 28.7. The molecular formula is C6H21O24P7. The lowest BCUT2D eigenvalue weighted by molar-refractivity contribution is -0.202. The van der Waals surface area contributed by atoms with Crippen LogP contribution in [0.5, 0.6) is 0 Å². The molecule has 0 amide bonds. The fourth-order valence-electron chi connectivity index (χ4n) is 2.79. The van der Waals surface area contributed by atoms with Crippen LogP contribution in [0.4, 0.5) is 0 Å². The van der Waals surface area contributed by atoms with Gasteiger partial charge in [-0.05, 0) is 0 Å². The van der Waals surface area contributed by atoms with Crippen LogP contribution in [0.1, 0.15) is 0 Å². The van der Waals surface area contributed by atoms with Crippen LogP contribution in [0.3, 0.4) is 0 Å². The maximum absolute atomic E-state index is 11.4. The average Bonchev–Trinajstić information content (AvgIpc) is 2.51. The summed E-state index contributed by atoms with van der Waals surface area (Å²) in [6.45, 7) is 0. The highest BCUT2D eigenvalue weighted by Crippen LogP contribution is 2.57. The second kappa shape index (κ2) is 12.9. The van der Waals surface area contributed by atoms with Crippen molar-refractivity contribution in [2.75, 3.05) is 0 Å². The van der Waals surface area contributed by atoms with E-state index in [2.05, 4.69) is 27.1 Å². The van der Waals surface area contributed by atoms with Gasteiger partial charge < -0.3 is 58.7 Å². The first-order valence-corrected chi connectivity index (χ1v) is 17.2. The summed E-state index contributed by atoms with van der Waals surface area (Å²) in [4.78, 5) is 110. The van der Waals surface area contributed by atoms with Gasteiger partial charge in [0.25, 0.3) is 0 Å². The molecule has 37 heavy (non-hydrogen) atoms. The lowest BCUT2D eigenvalue weighted by Gasteiger charge is -2.48. The van der Waals surface area contributed by atoms with E-state index in [0.717, 1.165) is 0 Å². The van der Waals surface area contributed by atoms with Gasteiger partial charge in [0.15, 0.2) is 0 Å². The molecular weight excluding hydrogens is 673 g/mol. The molecule has 1 aliphatic carbocycles. The average molecular weight is 694 g/mol. The van der Waals surface area contributed by atoms with Crippen LogP contribution < -0.4 is 0 Å². The molecule has 0 aromatic heterocycles. The first kappa shape index (κ1) is 38.1. The summed E-state index contributed by atoms with van der Waals surface area (Å²) in [5.41, 5.74) is 0. The Morgan fingerprint density at radius 1 is 0.297 bits per heavy atom. The van der Waals surface area contributed by atoms with Gasteiger partial charge in [0, 0.05) is 0 Å². The smallest absolute Gasteiger partial charge is 0.303 e. The van der Waals surface area contributed by atoms with Gasteiger partial charge in [-0.2, -0.15) is 9.90 Å². The van der Waals surface area contributed by atoms with E-state index in [4.69, 9.17) is 58.7 Å². The molecule has 1 unspecified atom stereocenters. The zero-order valence-electron chi connectivity index (χ0n) is 17.1. The van der Waals surface area contributed by atoms with Crippen LogP contribution in [0.15, 0.2) is 0 Å². The van der Waals surface area contributed by atoms with Crippen molar-refractivity contribution in [2.45, 2.75) is 36.6 Å². The third-order valence-corrected chi connectivity index (χ3v) is 6.61. The molecule has 1 aliphatic rings. The van der Waals surface area contributed by atoms with Gasteiger partial charge in [0.05, 0.1) is 0 Å². The van der Waals surface area contributed by atoms with Gasteiger partial charge in [0.2, 0.25) is 0 Å². The summed E-state index contributed by atoms with van der Waals surface area (Å²) in [6.07, 6.45) is -18.9. The van der Waals surface area contributed by atoms with Crippen molar-refractivity contribution in [1.29, 1.82) is 0 Å². The summed E-state index contributed by atoms with van der Waals surface area (Å²) in [5.74, 6) is 0. The normalized spacial score (nSPS) is 28.5. The first-order chi connectivity index (χ1) is 15.6. The number of rotatable bonds is 12. The number of phosphoric ester groups is 6. The number of hydrogen-bond acceptors (Lipinski definition) is 12. The van der Waals surface area contributed by atoms with Crippen LogP contribution in [0, 0.1) is 0 Å². The lowest BCUT2D eigenvalue weighted by Crippen LogP contribution is -2.66. The molecule has 1 saturated carbocycles. The molecule has 0 aromatic rings. The Labute approximate surface area is 207 Å². The third kappa shape index (κ3) is 15.0. The third-order valence-electron chi connectivity index (χ3n) is 3.50. The van der Waals surface area contributed by atoms with Crippen molar-refractivity contribution in [3.8, 4) is 0 Å². The van der Waals surface area contributed by atoms with Crippen molar-refractivity contribution < 1.29 is 113 Å². The molecule has 224 valence electrons. The standard InChI is InChI=1S/C6H18O24P6.H3P/c7-31(8,9)25-1-2(26-32(10,11)12)4(28-34(16,17)18)6(30-36(22,23)24)5(29-35(19,20)21)3(1)27-33(13,14)15;/h1-6H,(H2,7,8,9)(H2,10,11,12)(H2,13,14,15)(H2,16,17,18)(H2,19,20,21)(H2,22,23,24);1H3. The van der Waals surface area contributed by atoms with Gasteiger partial charge in [-0.15, -0.1) is 0 Å². The fraction of sp³-hybridized carbons (Fsp3) is 1.00. The summed E-state index contributed by atoms with van der Waals surface area (Å²) in [5, 5.41) is 0. The first-order valence-electron chi connectivity index (χ1n) is 8.01. The second-order valence-electron chi connectivity index (χ2n) is 6.36. The van der Waals surface area contributed by atoms with Crippen LogP contribution in [0.25, 0.3) is 0 Å². The topological polar surface area (TPSA) is 401 Å². The zero-order valence-corrected chi connectivity index (χ0v) is 23.9. The minimum Gasteiger partial charge on any atom is -0.303 e. The summed E-state index contributed by atoms with van der Waals surface area (Å²) in [6, 6.07) is 0. The molecule has 1 fully saturated rings. The Bertz CT molecular complexity index is 820. The monoisotopic (exact) mass is 694 g/mol. The van der Waals surface area contributed by atoms with E-state index < -0.39 is 83.6 Å². The maximum Gasteiger partial charge on any atom is 0.470 e. The van der Waals surface area contributed by atoms with Gasteiger partial charge in [-0.1, -0.05) is 0 Å². The molecule has 0 aliphatic heterocycles. The quantitative estimate of drug-likeness (QED) is 0.0901. The minimum absolute atomic E-state index is 0. The fourth-order valence-corrected chi connectivity index (χ4v) is 6.14. The van der Waals surface area contributed by atoms with E-state index in [1.165, 1.54) is 0 Å². The number of phosphoric acid groups is 6. The van der Waals surface area contributed by atoms with E-state index in [0.29, 0.717) is 0 Å². The lowest BCUT2D eigenvalue weighted by atomic mass is 9.85. The van der Waals surface area contributed by atoms with Gasteiger partial charge in [-0.3, -0.25) is 27.1 Å². The largest absolute Gasteiger partial charge is 0.470 e. The minimum atomic E-state index is -6.02. The predicted molar refractivity (Wildman–Crippen MR) is 113 cm³/mol. The molecule has 0 bridgehead atoms. The summed E-state index contributed by atoms with van der Waals surface area (Å²) in [7, 11) is -36.1. The van der Waals surface area contributed by atoms with Crippen molar-refractivity contribution in [3.05, 3.63) is 0 Å². The van der Waals surface area contributed by atoms with E-state index in [9.17, 15) is 27.4 Å². The molecule has 31 heteroatoms. The maximum atomic E-state index is 11.4. The molecule has 0 radical (unpaired) electrons. The highest BCUT2D eigenvalue weighted by molar-refractivity contribution is 7.47. The Morgan fingerprint density at radius 3 is 0.432 bits per heavy atom. The summed E-state index contributed by atoms with van der Waals surface area (Å²) < 4.78 is 93.1.